The number of benzene rings is 3. The number of hydrogen-bond acceptors (Lipinski definition) is 0. The Morgan fingerprint density at radius 1 is 0.758 bits per heavy atom. The first-order valence-electron chi connectivity index (χ1n) is 12.8. The summed E-state index contributed by atoms with van der Waals surface area (Å²) in [4.78, 5) is 0. The Morgan fingerprint density at radius 2 is 1.42 bits per heavy atom. The molecule has 0 nitrogen and oxygen atoms in total. The number of rotatable bonds is 12. The molecule has 0 saturated carbocycles. The summed E-state index contributed by atoms with van der Waals surface area (Å²) in [5.41, 5.74) is 8.11. The van der Waals surface area contributed by atoms with Gasteiger partial charge in [0.2, 0.25) is 0 Å². The van der Waals surface area contributed by atoms with Crippen LogP contribution < -0.4 is 0 Å². The van der Waals surface area contributed by atoms with Crippen LogP contribution in [0.3, 0.4) is 0 Å². The van der Waals surface area contributed by atoms with E-state index >= 15 is 0 Å². The van der Waals surface area contributed by atoms with Crippen LogP contribution in [-0.2, 0) is 6.42 Å². The van der Waals surface area contributed by atoms with Gasteiger partial charge in [-0.3, -0.25) is 0 Å². The summed E-state index contributed by atoms with van der Waals surface area (Å²) >= 11 is 0. The maximum Gasteiger partial charge on any atom is 0.00211 e. The maximum atomic E-state index is 2.43. The summed E-state index contributed by atoms with van der Waals surface area (Å²) in [6, 6.07) is 29.1. The largest absolute Gasteiger partial charge is 0.0879 e. The number of allylic oxidation sites excluding steroid dienone is 4. The molecule has 3 aromatic rings. The fourth-order valence-electron chi connectivity index (χ4n) is 4.25. The average Bonchev–Trinajstić information content (AvgIpc) is 2.88. The van der Waals surface area contributed by atoms with E-state index in [9.17, 15) is 0 Å². The monoisotopic (exact) mass is 436 g/mol. The van der Waals surface area contributed by atoms with Crippen molar-refractivity contribution in [1.82, 2.24) is 0 Å². The lowest BCUT2D eigenvalue weighted by Gasteiger charge is -2.14. The summed E-state index contributed by atoms with van der Waals surface area (Å²) in [7, 11) is 0. The first kappa shape index (κ1) is 24.8. The summed E-state index contributed by atoms with van der Waals surface area (Å²) < 4.78 is 0. The van der Waals surface area contributed by atoms with Crippen molar-refractivity contribution in [3.05, 3.63) is 114 Å². The zero-order valence-corrected chi connectivity index (χ0v) is 20.8. The molecule has 0 bridgehead atoms. The van der Waals surface area contributed by atoms with Crippen molar-refractivity contribution in [2.45, 2.75) is 71.6 Å². The van der Waals surface area contributed by atoms with Gasteiger partial charge < -0.3 is 0 Å². The van der Waals surface area contributed by atoms with Crippen LogP contribution in [-0.4, -0.2) is 0 Å². The van der Waals surface area contributed by atoms with Gasteiger partial charge in [-0.15, -0.1) is 0 Å². The minimum atomic E-state index is 0.485. The fourth-order valence-corrected chi connectivity index (χ4v) is 4.25. The van der Waals surface area contributed by atoms with E-state index < -0.39 is 0 Å². The van der Waals surface area contributed by atoms with Gasteiger partial charge in [-0.25, -0.2) is 0 Å². The Morgan fingerprint density at radius 3 is 2.06 bits per heavy atom. The third-order valence-corrected chi connectivity index (χ3v) is 6.43. The molecular weight excluding hydrogens is 396 g/mol. The van der Waals surface area contributed by atoms with Crippen LogP contribution in [0.1, 0.15) is 81.9 Å². The second-order valence-electron chi connectivity index (χ2n) is 9.08. The maximum absolute atomic E-state index is 2.43. The van der Waals surface area contributed by atoms with Crippen molar-refractivity contribution in [2.24, 2.45) is 0 Å². The molecule has 3 aromatic carbocycles. The molecule has 0 N–H and O–H groups in total. The third-order valence-electron chi connectivity index (χ3n) is 6.43. The van der Waals surface area contributed by atoms with E-state index in [0.29, 0.717) is 5.92 Å². The molecule has 0 aromatic heterocycles. The summed E-state index contributed by atoms with van der Waals surface area (Å²) in [5.74, 6) is 0.485. The lowest BCUT2D eigenvalue weighted by atomic mass is 9.91. The van der Waals surface area contributed by atoms with Crippen LogP contribution in [0, 0.1) is 0 Å². The molecule has 0 spiro atoms. The standard InChI is InChI=1S/C33H40/c1-4-6-8-10-16-31(30-14-11-9-12-15-30)20-17-28-18-21-32(22-19-28)33-25-23-29(24-26-33)27(3)13-7-5-2/h9-16,18-19,21-26,31H,4-8,17,20H2,1-3H3/b16-10-,27-13+. The van der Waals surface area contributed by atoms with Crippen molar-refractivity contribution in [2.75, 3.05) is 0 Å². The number of hydrogen-bond donors (Lipinski definition) is 0. The Hall–Kier alpha value is -2.86. The molecule has 172 valence electrons. The molecule has 0 aliphatic heterocycles. The highest BCUT2D eigenvalue weighted by Crippen LogP contribution is 2.26. The normalized spacial score (nSPS) is 12.9. The summed E-state index contributed by atoms with van der Waals surface area (Å²) in [6.45, 7) is 6.69. The zero-order valence-electron chi connectivity index (χ0n) is 20.8. The van der Waals surface area contributed by atoms with Gasteiger partial charge in [0.25, 0.3) is 0 Å². The lowest BCUT2D eigenvalue weighted by molar-refractivity contribution is 0.728. The third kappa shape index (κ3) is 7.90. The SMILES string of the molecule is CCC/C=C(\C)c1ccc(-c2ccc(CCC(/C=C\CCCC)c3ccccc3)cc2)cc1. The summed E-state index contributed by atoms with van der Waals surface area (Å²) in [5, 5.41) is 0. The molecule has 0 amide bonds. The molecule has 33 heavy (non-hydrogen) atoms. The predicted octanol–water partition coefficient (Wildman–Crippen LogP) is 10.0. The molecule has 1 unspecified atom stereocenters. The van der Waals surface area contributed by atoms with Crippen molar-refractivity contribution >= 4 is 5.57 Å². The second-order valence-corrected chi connectivity index (χ2v) is 9.08. The highest BCUT2D eigenvalue weighted by Gasteiger charge is 2.08. The van der Waals surface area contributed by atoms with Crippen LogP contribution in [0.15, 0.2) is 97.1 Å². The van der Waals surface area contributed by atoms with Crippen LogP contribution in [0.2, 0.25) is 0 Å². The van der Waals surface area contributed by atoms with Gasteiger partial charge in [0, 0.05) is 5.92 Å². The zero-order chi connectivity index (χ0) is 23.3. The van der Waals surface area contributed by atoms with Crippen molar-refractivity contribution < 1.29 is 0 Å². The van der Waals surface area contributed by atoms with Crippen molar-refractivity contribution in [3.8, 4) is 11.1 Å². The molecule has 0 radical (unpaired) electrons. The second kappa shape index (κ2) is 13.6. The highest BCUT2D eigenvalue weighted by atomic mass is 14.1. The minimum Gasteiger partial charge on any atom is -0.0879 e. The van der Waals surface area contributed by atoms with Gasteiger partial charge in [-0.1, -0.05) is 130 Å². The highest BCUT2D eigenvalue weighted by molar-refractivity contribution is 5.69. The molecule has 0 saturated heterocycles. The quantitative estimate of drug-likeness (QED) is 0.196. The molecule has 0 heteroatoms. The van der Waals surface area contributed by atoms with Gasteiger partial charge in [0.1, 0.15) is 0 Å². The van der Waals surface area contributed by atoms with Gasteiger partial charge in [-0.05, 0) is 66.0 Å². The average molecular weight is 437 g/mol. The Balaban J connectivity index is 1.63. The van der Waals surface area contributed by atoms with E-state index in [1.165, 1.54) is 59.1 Å². The van der Waals surface area contributed by atoms with Crippen molar-refractivity contribution in [1.29, 1.82) is 0 Å². The molecule has 0 heterocycles. The molecular formula is C33H40. The Bertz CT molecular complexity index is 988. The van der Waals surface area contributed by atoms with Crippen LogP contribution in [0.5, 0.6) is 0 Å². The van der Waals surface area contributed by atoms with Crippen LogP contribution in [0.4, 0.5) is 0 Å². The molecule has 1 atom stereocenters. The van der Waals surface area contributed by atoms with Crippen LogP contribution in [0.25, 0.3) is 16.7 Å². The van der Waals surface area contributed by atoms with E-state index in [1.807, 2.05) is 0 Å². The lowest BCUT2D eigenvalue weighted by Crippen LogP contribution is -1.98. The molecule has 3 rings (SSSR count). The van der Waals surface area contributed by atoms with E-state index in [1.54, 1.807) is 0 Å². The van der Waals surface area contributed by atoms with E-state index in [2.05, 4.69) is 118 Å². The van der Waals surface area contributed by atoms with Crippen molar-refractivity contribution in [3.63, 3.8) is 0 Å². The topological polar surface area (TPSA) is 0 Å². The predicted molar refractivity (Wildman–Crippen MR) is 147 cm³/mol. The number of unbranched alkanes of at least 4 members (excludes halogenated alkanes) is 3. The minimum absolute atomic E-state index is 0.485. The van der Waals surface area contributed by atoms with E-state index in [4.69, 9.17) is 0 Å². The number of aryl methyl sites for hydroxylation is 1. The van der Waals surface area contributed by atoms with Gasteiger partial charge >= 0.3 is 0 Å². The molecule has 0 fully saturated rings. The smallest absolute Gasteiger partial charge is 0.00211 e. The van der Waals surface area contributed by atoms with Gasteiger partial charge in [0.05, 0.1) is 0 Å². The Labute approximate surface area is 202 Å². The first-order valence-corrected chi connectivity index (χ1v) is 12.8. The summed E-state index contributed by atoms with van der Waals surface area (Å²) in [6.07, 6.45) is 15.4. The van der Waals surface area contributed by atoms with Crippen LogP contribution >= 0.6 is 0 Å². The van der Waals surface area contributed by atoms with E-state index in [-0.39, 0.29) is 0 Å². The molecule has 0 aliphatic carbocycles. The van der Waals surface area contributed by atoms with E-state index in [0.717, 1.165) is 19.3 Å². The van der Waals surface area contributed by atoms with Gasteiger partial charge in [0.15, 0.2) is 0 Å². The Kier molecular flexibility index (Phi) is 10.2. The fraction of sp³-hybridized carbons (Fsp3) is 0.333. The molecule has 0 aliphatic rings. The first-order chi connectivity index (χ1) is 16.2. The van der Waals surface area contributed by atoms with Gasteiger partial charge in [-0.2, -0.15) is 0 Å².